The van der Waals surface area contributed by atoms with Crippen molar-refractivity contribution in [2.45, 2.75) is 12.7 Å². The summed E-state index contributed by atoms with van der Waals surface area (Å²) in [5, 5.41) is 0. The van der Waals surface area contributed by atoms with Crippen LogP contribution in [0.15, 0.2) is 0 Å². The fourth-order valence-corrected chi connectivity index (χ4v) is 3.61. The van der Waals surface area contributed by atoms with Crippen LogP contribution in [-0.4, -0.2) is 52.6 Å². The molecule has 0 amide bonds. The molecule has 0 rings (SSSR count). The SMILES string of the molecule is C[C@@H](N(CP(=O)(O)O)CP(=O)(O)O)P(=O)(O)O. The van der Waals surface area contributed by atoms with Gasteiger partial charge in [0.1, 0.15) is 18.4 Å². The van der Waals surface area contributed by atoms with Crippen molar-refractivity contribution in [3.63, 3.8) is 0 Å². The predicted molar refractivity (Wildman–Crippen MR) is 57.2 cm³/mol. The van der Waals surface area contributed by atoms with Crippen LogP contribution in [0, 0.1) is 0 Å². The van der Waals surface area contributed by atoms with E-state index in [-0.39, 0.29) is 0 Å². The molecule has 0 aliphatic carbocycles. The minimum Gasteiger partial charge on any atom is -0.324 e. The minimum absolute atomic E-state index is 0.377. The van der Waals surface area contributed by atoms with Crippen LogP contribution in [-0.2, 0) is 13.7 Å². The molecule has 0 bridgehead atoms. The zero-order valence-corrected chi connectivity index (χ0v) is 11.4. The normalized spacial score (nSPS) is 16.2. The van der Waals surface area contributed by atoms with Crippen molar-refractivity contribution in [2.24, 2.45) is 0 Å². The van der Waals surface area contributed by atoms with Crippen LogP contribution in [0.5, 0.6) is 0 Å². The quantitative estimate of drug-likeness (QED) is 0.336. The zero-order valence-electron chi connectivity index (χ0n) is 8.69. The van der Waals surface area contributed by atoms with Gasteiger partial charge in [0.05, 0.1) is 0 Å². The molecule has 0 aliphatic heterocycles. The molecule has 17 heavy (non-hydrogen) atoms. The highest BCUT2D eigenvalue weighted by Crippen LogP contribution is 2.49. The van der Waals surface area contributed by atoms with Gasteiger partial charge in [0.25, 0.3) is 0 Å². The topological polar surface area (TPSA) is 176 Å². The lowest BCUT2D eigenvalue weighted by Crippen LogP contribution is -2.34. The first-order valence-electron chi connectivity index (χ1n) is 4.11. The van der Waals surface area contributed by atoms with Crippen LogP contribution in [0.3, 0.4) is 0 Å². The molecule has 0 fully saturated rings. The standard InChI is InChI=1S/C4H14NO9P3/c1-4(17(12,13)14)5(2-15(6,7)8)3-16(9,10)11/h4H,2-3H2,1H3,(H2,6,7,8)(H2,9,10,11)(H2,12,13,14)/t4-/m0/s1. The van der Waals surface area contributed by atoms with Crippen LogP contribution >= 0.6 is 22.8 Å². The Bertz CT molecular complexity index is 367. The Labute approximate surface area is 96.7 Å². The maximum absolute atomic E-state index is 10.9. The van der Waals surface area contributed by atoms with Gasteiger partial charge in [-0.3, -0.25) is 18.6 Å². The molecule has 0 radical (unpaired) electrons. The maximum Gasteiger partial charge on any atom is 0.342 e. The fourth-order valence-electron chi connectivity index (χ4n) is 0.967. The maximum atomic E-state index is 10.9. The summed E-state index contributed by atoms with van der Waals surface area (Å²) in [7, 11) is -14.1. The molecule has 10 nitrogen and oxygen atoms in total. The molecule has 13 heteroatoms. The van der Waals surface area contributed by atoms with Crippen molar-refractivity contribution < 1.29 is 43.1 Å². The van der Waals surface area contributed by atoms with Gasteiger partial charge in [-0.25, -0.2) is 0 Å². The highest BCUT2D eigenvalue weighted by atomic mass is 31.2. The molecule has 0 saturated carbocycles. The van der Waals surface area contributed by atoms with E-state index in [2.05, 4.69) is 0 Å². The molecular formula is C4H14NO9P3. The molecule has 0 aliphatic rings. The van der Waals surface area contributed by atoms with Crippen molar-refractivity contribution in [2.75, 3.05) is 12.6 Å². The van der Waals surface area contributed by atoms with Gasteiger partial charge < -0.3 is 29.4 Å². The second-order valence-electron chi connectivity index (χ2n) is 3.42. The van der Waals surface area contributed by atoms with E-state index in [1.165, 1.54) is 0 Å². The van der Waals surface area contributed by atoms with Gasteiger partial charge >= 0.3 is 22.8 Å². The molecule has 0 spiro atoms. The molecule has 1 atom stereocenters. The molecule has 0 aromatic carbocycles. The van der Waals surface area contributed by atoms with E-state index in [4.69, 9.17) is 29.4 Å². The van der Waals surface area contributed by atoms with E-state index in [1.807, 2.05) is 0 Å². The van der Waals surface area contributed by atoms with Crippen molar-refractivity contribution >= 4 is 22.8 Å². The van der Waals surface area contributed by atoms with Gasteiger partial charge in [0.15, 0.2) is 0 Å². The molecule has 104 valence electrons. The second-order valence-corrected chi connectivity index (χ2v) is 8.57. The average molecular weight is 313 g/mol. The highest BCUT2D eigenvalue weighted by molar-refractivity contribution is 7.54. The minimum atomic E-state index is -4.75. The van der Waals surface area contributed by atoms with Crippen molar-refractivity contribution in [1.82, 2.24) is 4.90 Å². The fraction of sp³-hybridized carbons (Fsp3) is 1.00. The molecular weight excluding hydrogens is 299 g/mol. The Morgan fingerprint density at radius 3 is 1.35 bits per heavy atom. The first kappa shape index (κ1) is 17.4. The smallest absolute Gasteiger partial charge is 0.324 e. The van der Waals surface area contributed by atoms with E-state index < -0.39 is 41.1 Å². The van der Waals surface area contributed by atoms with Crippen LogP contribution < -0.4 is 0 Å². The first-order chi connectivity index (χ1) is 7.22. The number of hydrogen-bond donors (Lipinski definition) is 6. The zero-order chi connectivity index (χ0) is 14.1. The third kappa shape index (κ3) is 8.18. The number of rotatable bonds is 6. The first-order valence-corrected chi connectivity index (χ1v) is 9.38. The van der Waals surface area contributed by atoms with Crippen molar-refractivity contribution in [3.05, 3.63) is 0 Å². The monoisotopic (exact) mass is 313 g/mol. The van der Waals surface area contributed by atoms with E-state index in [0.29, 0.717) is 4.90 Å². The second kappa shape index (κ2) is 5.59. The van der Waals surface area contributed by atoms with Gasteiger partial charge in [-0.15, -0.1) is 0 Å². The van der Waals surface area contributed by atoms with E-state index in [0.717, 1.165) is 6.92 Å². The Morgan fingerprint density at radius 1 is 0.882 bits per heavy atom. The lowest BCUT2D eigenvalue weighted by Gasteiger charge is -2.29. The number of nitrogens with zero attached hydrogens (tertiary/aromatic N) is 1. The van der Waals surface area contributed by atoms with Crippen LogP contribution in [0.1, 0.15) is 6.92 Å². The van der Waals surface area contributed by atoms with Crippen molar-refractivity contribution in [1.29, 1.82) is 0 Å². The van der Waals surface area contributed by atoms with Crippen LogP contribution in [0.25, 0.3) is 0 Å². The lowest BCUT2D eigenvalue weighted by atomic mass is 10.7. The largest absolute Gasteiger partial charge is 0.342 e. The Morgan fingerprint density at radius 2 is 1.18 bits per heavy atom. The summed E-state index contributed by atoms with van der Waals surface area (Å²) in [6.07, 6.45) is -2.30. The van der Waals surface area contributed by atoms with E-state index in [1.54, 1.807) is 0 Å². The summed E-state index contributed by atoms with van der Waals surface area (Å²) in [5.41, 5.74) is 0. The molecule has 0 unspecified atom stereocenters. The third-order valence-corrected chi connectivity index (χ3v) is 4.51. The van der Waals surface area contributed by atoms with Gasteiger partial charge in [-0.2, -0.15) is 0 Å². The van der Waals surface area contributed by atoms with Gasteiger partial charge in [-0.05, 0) is 6.92 Å². The Hall–Kier alpha value is 0.410. The molecule has 6 N–H and O–H groups in total. The van der Waals surface area contributed by atoms with Crippen molar-refractivity contribution in [3.8, 4) is 0 Å². The summed E-state index contributed by atoms with van der Waals surface area (Å²) in [6, 6.07) is 0. The summed E-state index contributed by atoms with van der Waals surface area (Å²) >= 11 is 0. The van der Waals surface area contributed by atoms with Crippen LogP contribution in [0.4, 0.5) is 0 Å². The lowest BCUT2D eigenvalue weighted by molar-refractivity contribution is 0.240. The van der Waals surface area contributed by atoms with Gasteiger partial charge in [-0.1, -0.05) is 0 Å². The van der Waals surface area contributed by atoms with E-state index in [9.17, 15) is 13.7 Å². The molecule has 0 saturated heterocycles. The van der Waals surface area contributed by atoms with E-state index >= 15 is 0 Å². The summed E-state index contributed by atoms with van der Waals surface area (Å²) in [5.74, 6) is -1.71. The Balaban J connectivity index is 5.06. The summed E-state index contributed by atoms with van der Waals surface area (Å²) in [6.45, 7) is 0.923. The summed E-state index contributed by atoms with van der Waals surface area (Å²) < 4.78 is 32.3. The average Bonchev–Trinajstić information content (AvgIpc) is 1.94. The highest BCUT2D eigenvalue weighted by Gasteiger charge is 2.36. The summed E-state index contributed by atoms with van der Waals surface area (Å²) in [4.78, 5) is 52.7. The van der Waals surface area contributed by atoms with Crippen LogP contribution in [0.2, 0.25) is 0 Å². The molecule has 0 aromatic rings. The molecule has 0 heterocycles. The predicted octanol–water partition coefficient (Wildman–Crippen LogP) is -0.918. The van der Waals surface area contributed by atoms with Gasteiger partial charge in [0.2, 0.25) is 0 Å². The number of hydrogen-bond acceptors (Lipinski definition) is 4. The van der Waals surface area contributed by atoms with Gasteiger partial charge in [0, 0.05) is 0 Å². The third-order valence-electron chi connectivity index (χ3n) is 1.75. The Kier molecular flexibility index (Phi) is 5.72. The molecule has 0 aromatic heterocycles.